The van der Waals surface area contributed by atoms with Gasteiger partial charge in [-0.25, -0.2) is 9.78 Å². The number of β-lactam (4-membered cyclic amide) rings is 1. The van der Waals surface area contributed by atoms with Crippen LogP contribution in [0.5, 0.6) is 5.75 Å². The predicted molar refractivity (Wildman–Crippen MR) is 158 cm³/mol. The minimum Gasteiger partial charge on any atom is -0.489 e. The molecule has 2 fully saturated rings. The topological polar surface area (TPSA) is 217 Å². The number of thiazole rings is 1. The van der Waals surface area contributed by atoms with Crippen LogP contribution in [0.3, 0.4) is 0 Å². The zero-order chi connectivity index (χ0) is 32.7. The highest BCUT2D eigenvalue weighted by Crippen LogP contribution is 2.40. The van der Waals surface area contributed by atoms with Crippen molar-refractivity contribution in [1.82, 2.24) is 14.7 Å². The molecule has 1 saturated carbocycles. The van der Waals surface area contributed by atoms with Crippen molar-refractivity contribution in [2.45, 2.75) is 57.7 Å². The molecule has 0 spiro atoms. The Balaban J connectivity index is 1.29. The van der Waals surface area contributed by atoms with Crippen LogP contribution in [0.15, 0.2) is 34.9 Å². The Labute approximate surface area is 261 Å². The third-order valence-corrected chi connectivity index (χ3v) is 9.11. The number of hydrogen-bond acceptors (Lipinski definition) is 12. The number of carbonyl (C=O) groups is 3. The second-order valence-corrected chi connectivity index (χ2v) is 13.4. The van der Waals surface area contributed by atoms with Crippen LogP contribution in [0.25, 0.3) is 10.9 Å². The van der Waals surface area contributed by atoms with Gasteiger partial charge in [-0.3, -0.25) is 14.1 Å². The van der Waals surface area contributed by atoms with Crippen molar-refractivity contribution in [3.63, 3.8) is 0 Å². The van der Waals surface area contributed by atoms with E-state index in [-0.39, 0.29) is 10.8 Å². The lowest BCUT2D eigenvalue weighted by Crippen LogP contribution is -2.68. The number of aryl methyl sites for hydroxylation is 1. The number of nitrogens with zero attached hydrogens (tertiary/aromatic N) is 5. The number of fused-ring (bicyclic) bond motifs is 1. The van der Waals surface area contributed by atoms with E-state index < -0.39 is 64.4 Å². The summed E-state index contributed by atoms with van der Waals surface area (Å²) in [6.07, 6.45) is 3.60. The van der Waals surface area contributed by atoms with Crippen molar-refractivity contribution >= 4 is 61.1 Å². The second-order valence-electron chi connectivity index (χ2n) is 11.5. The maximum atomic E-state index is 13.3. The average molecular weight is 666 g/mol. The highest BCUT2D eigenvalue weighted by Gasteiger charge is 2.57. The number of rotatable bonds is 14. The molecule has 0 radical (unpaired) electrons. The number of carboxylic acid groups (broad SMARTS) is 1. The molecule has 0 unspecified atom stereocenters. The van der Waals surface area contributed by atoms with Crippen molar-refractivity contribution in [2.75, 3.05) is 12.3 Å². The van der Waals surface area contributed by atoms with Gasteiger partial charge in [0.15, 0.2) is 23.2 Å². The third-order valence-electron chi connectivity index (χ3n) is 8.10. The molecule has 2 aromatic heterocycles. The fourth-order valence-electron chi connectivity index (χ4n) is 5.24. The van der Waals surface area contributed by atoms with E-state index in [0.29, 0.717) is 16.7 Å². The normalized spacial score (nSPS) is 19.2. The van der Waals surface area contributed by atoms with Crippen LogP contribution < -0.4 is 15.2 Å². The minimum absolute atomic E-state index is 0.00656. The fraction of sp³-hybridized carbons (Fsp3) is 0.481. The molecule has 1 amide bonds. The minimum atomic E-state index is -4.98. The molecule has 0 bridgehead atoms. The van der Waals surface area contributed by atoms with E-state index in [0.717, 1.165) is 28.8 Å². The molecule has 1 saturated heterocycles. The summed E-state index contributed by atoms with van der Waals surface area (Å²) in [7, 11) is -3.00. The van der Waals surface area contributed by atoms with Crippen LogP contribution in [-0.2, 0) is 47.5 Å². The summed E-state index contributed by atoms with van der Waals surface area (Å²) in [5, 5.41) is 16.5. The summed E-state index contributed by atoms with van der Waals surface area (Å²) >= 11 is 0.999. The Bertz CT molecular complexity index is 1780. The third kappa shape index (κ3) is 6.92. The number of carboxylic acids is 1. The van der Waals surface area contributed by atoms with Gasteiger partial charge in [0.25, 0.3) is 12.0 Å². The van der Waals surface area contributed by atoms with E-state index in [9.17, 15) is 27.9 Å². The Morgan fingerprint density at radius 2 is 2.04 bits per heavy atom. The fourth-order valence-corrected chi connectivity index (χ4v) is 6.24. The number of Topliss-reactive ketones (excluding diaryl/α,β-unsaturated/α-hetero) is 1. The smallest absolute Gasteiger partial charge is 0.418 e. The van der Waals surface area contributed by atoms with Crippen molar-refractivity contribution in [3.8, 4) is 5.75 Å². The molecule has 18 heteroatoms. The number of nitrogen functional groups attached to an aromatic ring is 1. The van der Waals surface area contributed by atoms with Crippen molar-refractivity contribution in [1.29, 1.82) is 0 Å². The lowest BCUT2D eigenvalue weighted by atomic mass is 9.74. The van der Waals surface area contributed by atoms with Gasteiger partial charge in [-0.1, -0.05) is 11.6 Å². The summed E-state index contributed by atoms with van der Waals surface area (Å²) in [6, 6.07) is 5.40. The van der Waals surface area contributed by atoms with Gasteiger partial charge in [0.05, 0.1) is 23.9 Å². The first kappa shape index (κ1) is 32.3. The maximum Gasteiger partial charge on any atom is 0.418 e. The van der Waals surface area contributed by atoms with E-state index in [2.05, 4.69) is 23.8 Å². The first-order valence-electron chi connectivity index (χ1n) is 14.0. The van der Waals surface area contributed by atoms with Crippen LogP contribution in [-0.4, -0.2) is 74.4 Å². The van der Waals surface area contributed by atoms with E-state index in [4.69, 9.17) is 19.9 Å². The average Bonchev–Trinajstić information content (AvgIpc) is 3.50. The van der Waals surface area contributed by atoms with E-state index in [1.807, 2.05) is 19.3 Å². The zero-order valence-electron chi connectivity index (χ0n) is 24.7. The molecule has 1 aliphatic carbocycles. The number of ketones is 1. The number of benzene rings is 1. The van der Waals surface area contributed by atoms with Crippen molar-refractivity contribution in [3.05, 3.63) is 35.5 Å². The summed E-state index contributed by atoms with van der Waals surface area (Å²) in [5.74, 6) is -3.02. The number of aromatic nitrogens is 3. The molecule has 2 atom stereocenters. The zero-order valence-corrected chi connectivity index (χ0v) is 26.3. The molecular weight excluding hydrogens is 632 g/mol. The van der Waals surface area contributed by atoms with Crippen LogP contribution in [0.1, 0.15) is 45.2 Å². The SMILES string of the molecule is Cn1c2ccc(OC[C@H](O/N=C(\C(=O)C[C@@H]3C(=O)N(OS(=O)(=O)O)C3(C)C)c3csc(N)n3)C(=O)O)cc2c[n+]1CC1CCC1. The summed E-state index contributed by atoms with van der Waals surface area (Å²) in [4.78, 5) is 47.2. The summed E-state index contributed by atoms with van der Waals surface area (Å²) in [5.41, 5.74) is 5.01. The van der Waals surface area contributed by atoms with E-state index >= 15 is 0 Å². The number of oxime groups is 1. The second kappa shape index (κ2) is 12.3. The molecule has 4 N–H and O–H groups in total. The van der Waals surface area contributed by atoms with Crippen LogP contribution in [0.2, 0.25) is 0 Å². The quantitative estimate of drug-likeness (QED) is 0.0734. The Morgan fingerprint density at radius 3 is 2.62 bits per heavy atom. The number of nitrogens with two attached hydrogens (primary N) is 1. The highest BCUT2D eigenvalue weighted by molar-refractivity contribution is 7.80. The molecule has 1 aromatic carbocycles. The Hall–Kier alpha value is -4.13. The molecule has 242 valence electrons. The number of ether oxygens (including phenoxy) is 1. The predicted octanol–water partition coefficient (Wildman–Crippen LogP) is 1.49. The lowest BCUT2D eigenvalue weighted by molar-refractivity contribution is -0.777. The summed E-state index contributed by atoms with van der Waals surface area (Å²) < 4.78 is 45.5. The van der Waals surface area contributed by atoms with Gasteiger partial charge in [0, 0.05) is 17.7 Å². The van der Waals surface area contributed by atoms with Crippen LogP contribution >= 0.6 is 11.3 Å². The number of carbonyl (C=O) groups excluding carboxylic acids is 2. The first-order valence-corrected chi connectivity index (χ1v) is 16.2. The number of anilines is 1. The largest absolute Gasteiger partial charge is 0.489 e. The van der Waals surface area contributed by atoms with E-state index in [1.165, 1.54) is 38.5 Å². The van der Waals surface area contributed by atoms with Gasteiger partial charge in [0.2, 0.25) is 6.20 Å². The van der Waals surface area contributed by atoms with Gasteiger partial charge in [-0.05, 0) is 44.9 Å². The monoisotopic (exact) mass is 665 g/mol. The number of aliphatic carboxylic acids is 1. The molecule has 45 heavy (non-hydrogen) atoms. The van der Waals surface area contributed by atoms with Gasteiger partial charge in [-0.15, -0.1) is 20.3 Å². The van der Waals surface area contributed by atoms with Crippen molar-refractivity contribution in [2.24, 2.45) is 24.0 Å². The van der Waals surface area contributed by atoms with Crippen LogP contribution in [0, 0.1) is 11.8 Å². The molecule has 16 nitrogen and oxygen atoms in total. The van der Waals surface area contributed by atoms with Crippen molar-refractivity contribution < 1.29 is 51.0 Å². The Kier molecular flexibility index (Phi) is 8.85. The molecule has 3 heterocycles. The standard InChI is InChI=1S/C27H32N6O10S2/c1-27(2)18(24(35)33(27)43-45(38,39)40)10-21(34)23(19-14-44-26(28)29-19)30-42-22(25(36)37)13-41-17-7-8-20-16(9-17)12-32(31(20)3)11-15-5-4-6-15/h7-9,12,14-15,18,22H,4-6,10-11,13H2,1-3H3,(H3-,28,29,36,37,38,39,40)/p+1/b30-23-/t18-,22+/m1/s1. The molecule has 2 aliphatic rings. The number of amides is 1. The van der Waals surface area contributed by atoms with Gasteiger partial charge >= 0.3 is 16.4 Å². The molecule has 1 aliphatic heterocycles. The van der Waals surface area contributed by atoms with E-state index in [1.54, 1.807) is 12.1 Å². The number of hydrogen-bond donors (Lipinski definition) is 3. The van der Waals surface area contributed by atoms with Gasteiger partial charge in [-0.2, -0.15) is 18.2 Å². The number of hydroxylamine groups is 2. The van der Waals surface area contributed by atoms with Gasteiger partial charge in [0.1, 0.15) is 23.6 Å². The van der Waals surface area contributed by atoms with Crippen LogP contribution in [0.4, 0.5) is 5.13 Å². The first-order chi connectivity index (χ1) is 21.1. The summed E-state index contributed by atoms with van der Waals surface area (Å²) in [6.45, 7) is 3.34. The maximum absolute atomic E-state index is 13.3. The highest BCUT2D eigenvalue weighted by atomic mass is 32.3. The lowest BCUT2D eigenvalue weighted by Gasteiger charge is -2.50. The molecule has 5 rings (SSSR count). The van der Waals surface area contributed by atoms with Gasteiger partial charge < -0.3 is 20.4 Å². The molecular formula is C27H33N6O10S2+. The Morgan fingerprint density at radius 1 is 1.31 bits per heavy atom. The molecule has 3 aromatic rings.